The van der Waals surface area contributed by atoms with Crippen LogP contribution in [0.15, 0.2) is 120 Å². The zero-order chi connectivity index (χ0) is 21.7. The minimum absolute atomic E-state index is 0.513. The summed E-state index contributed by atoms with van der Waals surface area (Å²) in [6.07, 6.45) is 16.6. The molecule has 0 saturated carbocycles. The third-order valence-electron chi connectivity index (χ3n) is 4.17. The molecular formula is C28H33N. The highest BCUT2D eigenvalue weighted by atomic mass is 14.8. The molecule has 0 saturated heterocycles. The van der Waals surface area contributed by atoms with Crippen LogP contribution in [0.25, 0.3) is 6.08 Å². The first-order valence-corrected chi connectivity index (χ1v) is 9.89. The van der Waals surface area contributed by atoms with Gasteiger partial charge in [-0.3, -0.25) is 4.99 Å². The maximum absolute atomic E-state index is 4.85. The van der Waals surface area contributed by atoms with E-state index in [4.69, 9.17) is 4.99 Å². The maximum atomic E-state index is 4.85. The summed E-state index contributed by atoms with van der Waals surface area (Å²) < 4.78 is 0. The van der Waals surface area contributed by atoms with Gasteiger partial charge in [-0.15, -0.1) is 5.73 Å². The second-order valence-corrected chi connectivity index (χ2v) is 7.13. The molecule has 1 heteroatoms. The second kappa shape index (κ2) is 12.3. The standard InChI is InChI=1S/C28H33N/c1-8-11-19-28(10-3,29-22-24(6)7)21-27(26(9-2)20-23(4)5)18-17-25-15-13-12-14-16-25/h8-9,11-19,21-22H,1-2,6,10H2,3-5,7H3/b18-17-,19-11+,27-21+,29-22-. The summed E-state index contributed by atoms with van der Waals surface area (Å²) in [5.74, 6) is 0. The summed E-state index contributed by atoms with van der Waals surface area (Å²) in [4.78, 5) is 4.85. The van der Waals surface area contributed by atoms with Crippen molar-refractivity contribution in [1.82, 2.24) is 0 Å². The minimum Gasteiger partial charge on any atom is -0.278 e. The Morgan fingerprint density at radius 1 is 1.14 bits per heavy atom. The van der Waals surface area contributed by atoms with Gasteiger partial charge in [0.05, 0.1) is 5.54 Å². The first kappa shape index (κ1) is 23.9. The predicted molar refractivity (Wildman–Crippen MR) is 131 cm³/mol. The molecule has 0 aliphatic heterocycles. The van der Waals surface area contributed by atoms with Gasteiger partial charge >= 0.3 is 0 Å². The zero-order valence-corrected chi connectivity index (χ0v) is 18.3. The number of benzene rings is 1. The van der Waals surface area contributed by atoms with Crippen molar-refractivity contribution in [3.63, 3.8) is 0 Å². The Morgan fingerprint density at radius 3 is 2.34 bits per heavy atom. The molecule has 1 unspecified atom stereocenters. The van der Waals surface area contributed by atoms with E-state index in [9.17, 15) is 0 Å². The van der Waals surface area contributed by atoms with Crippen LogP contribution in [0.5, 0.6) is 0 Å². The molecule has 1 nitrogen and oxygen atoms in total. The van der Waals surface area contributed by atoms with E-state index in [1.807, 2.05) is 57.3 Å². The van der Waals surface area contributed by atoms with Crippen molar-refractivity contribution in [2.45, 2.75) is 39.7 Å². The van der Waals surface area contributed by atoms with Crippen LogP contribution < -0.4 is 0 Å². The van der Waals surface area contributed by atoms with Crippen molar-refractivity contribution >= 4 is 12.3 Å². The van der Waals surface area contributed by atoms with E-state index in [2.05, 4.69) is 68.8 Å². The van der Waals surface area contributed by atoms with Crippen molar-refractivity contribution in [3.8, 4) is 0 Å². The Labute approximate surface area is 177 Å². The van der Waals surface area contributed by atoms with Crippen LogP contribution in [-0.2, 0) is 0 Å². The molecule has 0 bridgehead atoms. The van der Waals surface area contributed by atoms with Crippen LogP contribution in [0.3, 0.4) is 0 Å². The molecule has 29 heavy (non-hydrogen) atoms. The SMILES string of the molecule is C=C/C=C/C(/C=C(\C=C/c1ccccc1)C(=C=C(C)C)C=C)(CC)/N=C\C(=C)C. The monoisotopic (exact) mass is 383 g/mol. The fourth-order valence-corrected chi connectivity index (χ4v) is 2.65. The fraction of sp³-hybridized carbons (Fsp3) is 0.214. The molecule has 0 spiro atoms. The molecule has 0 aliphatic rings. The Balaban J connectivity index is 3.70. The van der Waals surface area contributed by atoms with E-state index < -0.39 is 5.54 Å². The van der Waals surface area contributed by atoms with Crippen LogP contribution in [-0.4, -0.2) is 11.8 Å². The topological polar surface area (TPSA) is 12.4 Å². The lowest BCUT2D eigenvalue weighted by Gasteiger charge is -2.22. The molecular weight excluding hydrogens is 350 g/mol. The van der Waals surface area contributed by atoms with Gasteiger partial charge in [0, 0.05) is 11.8 Å². The Morgan fingerprint density at radius 2 is 1.83 bits per heavy atom. The summed E-state index contributed by atoms with van der Waals surface area (Å²) >= 11 is 0. The van der Waals surface area contributed by atoms with Crippen molar-refractivity contribution in [1.29, 1.82) is 0 Å². The second-order valence-electron chi connectivity index (χ2n) is 7.13. The summed E-state index contributed by atoms with van der Waals surface area (Å²) in [6, 6.07) is 10.2. The number of hydrogen-bond donors (Lipinski definition) is 0. The van der Waals surface area contributed by atoms with Crippen LogP contribution in [0, 0.1) is 0 Å². The van der Waals surface area contributed by atoms with Crippen molar-refractivity contribution in [2.24, 2.45) is 4.99 Å². The van der Waals surface area contributed by atoms with Gasteiger partial charge in [0.2, 0.25) is 0 Å². The molecule has 0 aliphatic carbocycles. The Hall–Kier alpha value is -3.15. The minimum atomic E-state index is -0.513. The zero-order valence-electron chi connectivity index (χ0n) is 18.3. The third-order valence-corrected chi connectivity index (χ3v) is 4.17. The third kappa shape index (κ3) is 8.60. The van der Waals surface area contributed by atoms with Gasteiger partial charge in [-0.05, 0) is 55.6 Å². The van der Waals surface area contributed by atoms with Crippen LogP contribution in [0.4, 0.5) is 0 Å². The summed E-state index contributed by atoms with van der Waals surface area (Å²) in [6.45, 7) is 19.9. The highest BCUT2D eigenvalue weighted by Gasteiger charge is 2.21. The molecule has 1 rings (SSSR count). The first-order chi connectivity index (χ1) is 13.9. The molecule has 0 aromatic heterocycles. The van der Waals surface area contributed by atoms with Gasteiger partial charge < -0.3 is 0 Å². The van der Waals surface area contributed by atoms with Crippen molar-refractivity contribution in [3.05, 3.63) is 120 Å². The normalized spacial score (nSPS) is 14.0. The van der Waals surface area contributed by atoms with Crippen LogP contribution in [0.1, 0.15) is 39.7 Å². The average Bonchev–Trinajstić information content (AvgIpc) is 2.71. The number of rotatable bonds is 10. The predicted octanol–water partition coefficient (Wildman–Crippen LogP) is 7.84. The molecule has 1 aromatic rings. The first-order valence-electron chi connectivity index (χ1n) is 9.89. The van der Waals surface area contributed by atoms with Gasteiger partial charge in [0.1, 0.15) is 0 Å². The lowest BCUT2D eigenvalue weighted by atomic mass is 9.90. The average molecular weight is 384 g/mol. The summed E-state index contributed by atoms with van der Waals surface area (Å²) in [5.41, 5.74) is 7.99. The van der Waals surface area contributed by atoms with E-state index in [0.717, 1.165) is 34.3 Å². The number of hydrogen-bond acceptors (Lipinski definition) is 1. The molecule has 0 amide bonds. The maximum Gasteiger partial charge on any atom is 0.0977 e. The molecule has 1 aromatic carbocycles. The van der Waals surface area contributed by atoms with Gasteiger partial charge in [-0.2, -0.15) is 0 Å². The highest BCUT2D eigenvalue weighted by Crippen LogP contribution is 2.26. The fourth-order valence-electron chi connectivity index (χ4n) is 2.65. The molecule has 0 N–H and O–H groups in total. The Kier molecular flexibility index (Phi) is 10.2. The molecule has 0 fully saturated rings. The molecule has 0 radical (unpaired) electrons. The molecule has 150 valence electrons. The summed E-state index contributed by atoms with van der Waals surface area (Å²) in [7, 11) is 0. The summed E-state index contributed by atoms with van der Waals surface area (Å²) in [5, 5.41) is 0. The lowest BCUT2D eigenvalue weighted by Crippen LogP contribution is -2.20. The van der Waals surface area contributed by atoms with Crippen molar-refractivity contribution < 1.29 is 0 Å². The van der Waals surface area contributed by atoms with E-state index in [0.29, 0.717) is 0 Å². The van der Waals surface area contributed by atoms with E-state index >= 15 is 0 Å². The van der Waals surface area contributed by atoms with Crippen molar-refractivity contribution in [2.75, 3.05) is 0 Å². The van der Waals surface area contributed by atoms with Crippen LogP contribution >= 0.6 is 0 Å². The smallest absolute Gasteiger partial charge is 0.0977 e. The lowest BCUT2D eigenvalue weighted by molar-refractivity contribution is 0.633. The molecule has 1 atom stereocenters. The largest absolute Gasteiger partial charge is 0.278 e. The van der Waals surface area contributed by atoms with Gasteiger partial charge in [0.15, 0.2) is 0 Å². The van der Waals surface area contributed by atoms with E-state index in [1.54, 1.807) is 6.08 Å². The van der Waals surface area contributed by atoms with Gasteiger partial charge in [-0.25, -0.2) is 0 Å². The molecule has 0 heterocycles. The highest BCUT2D eigenvalue weighted by molar-refractivity contribution is 5.77. The van der Waals surface area contributed by atoms with Gasteiger partial charge in [0.25, 0.3) is 0 Å². The van der Waals surface area contributed by atoms with Crippen LogP contribution in [0.2, 0.25) is 0 Å². The quantitative estimate of drug-likeness (QED) is 0.222. The Bertz CT molecular complexity index is 893. The number of allylic oxidation sites excluding steroid dienone is 7. The number of nitrogens with zero attached hydrogens (tertiary/aromatic N) is 1. The van der Waals surface area contributed by atoms with E-state index in [1.165, 1.54) is 0 Å². The van der Waals surface area contributed by atoms with E-state index in [-0.39, 0.29) is 0 Å². The number of aliphatic imine (C=N–C) groups is 1. The van der Waals surface area contributed by atoms with Gasteiger partial charge in [-0.1, -0.05) is 93.4 Å².